The van der Waals surface area contributed by atoms with Crippen molar-refractivity contribution in [1.29, 1.82) is 0 Å². The normalized spacial score (nSPS) is 21.5. The van der Waals surface area contributed by atoms with Crippen LogP contribution in [0.15, 0.2) is 18.2 Å². The Morgan fingerprint density at radius 2 is 2.06 bits per heavy atom. The van der Waals surface area contributed by atoms with Crippen LogP contribution >= 0.6 is 0 Å². The van der Waals surface area contributed by atoms with Crippen LogP contribution in [0, 0.1) is 6.92 Å². The van der Waals surface area contributed by atoms with Gasteiger partial charge >= 0.3 is 5.97 Å². The third kappa shape index (κ3) is 2.18. The van der Waals surface area contributed by atoms with E-state index in [9.17, 15) is 4.79 Å². The molecule has 16 heavy (non-hydrogen) atoms. The second-order valence-electron chi connectivity index (χ2n) is 3.93. The Bertz CT molecular complexity index is 398. The fourth-order valence-electron chi connectivity index (χ4n) is 1.71. The number of aryl methyl sites for hydroxylation is 1. The van der Waals surface area contributed by atoms with E-state index in [0.29, 0.717) is 12.2 Å². The maximum atomic E-state index is 11.0. The van der Waals surface area contributed by atoms with Gasteiger partial charge in [-0.15, -0.1) is 0 Å². The summed E-state index contributed by atoms with van der Waals surface area (Å²) in [6.07, 6.45) is 0.444. The molecule has 1 unspecified atom stereocenters. The summed E-state index contributed by atoms with van der Waals surface area (Å²) >= 11 is 0. The number of benzene rings is 1. The quantitative estimate of drug-likeness (QED) is 0.794. The fraction of sp³-hybridized carbons (Fsp3) is 0.462. The summed E-state index contributed by atoms with van der Waals surface area (Å²) in [5.41, 5.74) is 1.02. The molecule has 1 N–H and O–H groups in total. The van der Waals surface area contributed by atoms with Gasteiger partial charge in [0.05, 0.1) is 0 Å². The molecule has 0 bridgehead atoms. The first kappa shape index (κ1) is 12.6. The van der Waals surface area contributed by atoms with Gasteiger partial charge in [-0.05, 0) is 25.5 Å². The van der Waals surface area contributed by atoms with Gasteiger partial charge in [0.25, 0.3) is 0 Å². The number of hydrogen-bond acceptors (Lipinski definition) is 2. The second-order valence-corrected chi connectivity index (χ2v) is 3.93. The molecular weight excluding hydrogens is 204 g/mol. The van der Waals surface area contributed by atoms with Gasteiger partial charge in [0, 0.05) is 6.42 Å². The van der Waals surface area contributed by atoms with Crippen molar-refractivity contribution in [3.63, 3.8) is 0 Å². The van der Waals surface area contributed by atoms with Crippen molar-refractivity contribution in [2.45, 2.75) is 39.7 Å². The summed E-state index contributed by atoms with van der Waals surface area (Å²) in [4.78, 5) is 11.0. The summed E-state index contributed by atoms with van der Waals surface area (Å²) in [6.45, 7) is 7.58. The first-order valence-corrected chi connectivity index (χ1v) is 5.53. The standard InChI is InChI=1S/C11H12O3.C2H6/c1-7-3-4-9-8(5-7)6-11(2,14-9)10(12)13;1-2/h3-5H,6H2,1-2H3,(H,12,13);1-2H3. The summed E-state index contributed by atoms with van der Waals surface area (Å²) in [6, 6.07) is 5.73. The van der Waals surface area contributed by atoms with E-state index in [-0.39, 0.29) is 0 Å². The van der Waals surface area contributed by atoms with Crippen LogP contribution in [0.4, 0.5) is 0 Å². The Hall–Kier alpha value is -1.51. The largest absolute Gasteiger partial charge is 0.478 e. The molecular formula is C13H18O3. The molecule has 88 valence electrons. The Morgan fingerprint density at radius 3 is 2.62 bits per heavy atom. The lowest BCUT2D eigenvalue weighted by Gasteiger charge is -2.17. The van der Waals surface area contributed by atoms with Crippen molar-refractivity contribution in [2.24, 2.45) is 0 Å². The van der Waals surface area contributed by atoms with E-state index in [1.807, 2.05) is 39.0 Å². The molecule has 0 saturated heterocycles. The van der Waals surface area contributed by atoms with Crippen molar-refractivity contribution >= 4 is 5.97 Å². The van der Waals surface area contributed by atoms with Gasteiger partial charge < -0.3 is 9.84 Å². The van der Waals surface area contributed by atoms with Crippen molar-refractivity contribution in [1.82, 2.24) is 0 Å². The first-order chi connectivity index (χ1) is 7.51. The van der Waals surface area contributed by atoms with E-state index in [1.54, 1.807) is 6.92 Å². The molecule has 0 aliphatic carbocycles. The lowest BCUT2D eigenvalue weighted by atomic mass is 9.99. The van der Waals surface area contributed by atoms with Gasteiger partial charge in [0.1, 0.15) is 5.75 Å². The lowest BCUT2D eigenvalue weighted by molar-refractivity contribution is -0.152. The number of ether oxygens (including phenoxy) is 1. The van der Waals surface area contributed by atoms with Crippen LogP contribution in [0.25, 0.3) is 0 Å². The van der Waals surface area contributed by atoms with Crippen LogP contribution in [0.1, 0.15) is 31.9 Å². The Morgan fingerprint density at radius 1 is 1.44 bits per heavy atom. The minimum atomic E-state index is -1.09. The van der Waals surface area contributed by atoms with Crippen LogP contribution in [0.3, 0.4) is 0 Å². The van der Waals surface area contributed by atoms with E-state index in [0.717, 1.165) is 11.1 Å². The molecule has 0 fully saturated rings. The number of aliphatic carboxylic acids is 1. The average Bonchev–Trinajstić information content (AvgIpc) is 2.58. The number of carboxylic acids is 1. The minimum absolute atomic E-state index is 0.444. The third-order valence-electron chi connectivity index (χ3n) is 2.53. The number of rotatable bonds is 1. The smallest absolute Gasteiger partial charge is 0.348 e. The molecule has 1 aliphatic heterocycles. The molecule has 2 rings (SSSR count). The molecule has 0 aromatic heterocycles. The van der Waals surface area contributed by atoms with Gasteiger partial charge in [-0.25, -0.2) is 4.79 Å². The van der Waals surface area contributed by atoms with Gasteiger partial charge in [-0.2, -0.15) is 0 Å². The Labute approximate surface area is 96.1 Å². The maximum Gasteiger partial charge on any atom is 0.348 e. The van der Waals surface area contributed by atoms with Crippen LogP contribution < -0.4 is 4.74 Å². The molecule has 0 saturated carbocycles. The fourth-order valence-corrected chi connectivity index (χ4v) is 1.71. The van der Waals surface area contributed by atoms with E-state index in [1.165, 1.54) is 0 Å². The zero-order valence-electron chi connectivity index (χ0n) is 10.2. The summed E-state index contributed by atoms with van der Waals surface area (Å²) in [5, 5.41) is 8.99. The lowest BCUT2D eigenvalue weighted by Crippen LogP contribution is -2.39. The van der Waals surface area contributed by atoms with Gasteiger partial charge in [0.2, 0.25) is 5.60 Å². The summed E-state index contributed by atoms with van der Waals surface area (Å²) in [7, 11) is 0. The monoisotopic (exact) mass is 222 g/mol. The zero-order valence-corrected chi connectivity index (χ0v) is 10.2. The molecule has 1 aromatic rings. The van der Waals surface area contributed by atoms with Gasteiger partial charge in [-0.3, -0.25) is 0 Å². The predicted octanol–water partition coefficient (Wildman–Crippen LogP) is 2.80. The van der Waals surface area contributed by atoms with Crippen molar-refractivity contribution in [3.8, 4) is 5.75 Å². The van der Waals surface area contributed by atoms with E-state index >= 15 is 0 Å². The predicted molar refractivity (Wildman–Crippen MR) is 62.9 cm³/mol. The Kier molecular flexibility index (Phi) is 3.58. The number of fused-ring (bicyclic) bond motifs is 1. The minimum Gasteiger partial charge on any atom is -0.478 e. The summed E-state index contributed by atoms with van der Waals surface area (Å²) in [5.74, 6) is -0.216. The average molecular weight is 222 g/mol. The molecule has 1 aliphatic rings. The van der Waals surface area contributed by atoms with E-state index in [2.05, 4.69) is 0 Å². The highest BCUT2D eigenvalue weighted by atomic mass is 16.5. The SMILES string of the molecule is CC.Cc1ccc2c(c1)CC(C)(C(=O)O)O2. The van der Waals surface area contributed by atoms with Crippen LogP contribution in [0.5, 0.6) is 5.75 Å². The molecule has 1 heterocycles. The topological polar surface area (TPSA) is 46.5 Å². The Balaban J connectivity index is 0.000000606. The van der Waals surface area contributed by atoms with Crippen molar-refractivity contribution in [3.05, 3.63) is 29.3 Å². The number of carboxylic acid groups (broad SMARTS) is 1. The van der Waals surface area contributed by atoms with Crippen LogP contribution in [-0.2, 0) is 11.2 Å². The molecule has 0 radical (unpaired) electrons. The highest BCUT2D eigenvalue weighted by molar-refractivity contribution is 5.79. The third-order valence-corrected chi connectivity index (χ3v) is 2.53. The van der Waals surface area contributed by atoms with Gasteiger partial charge in [0.15, 0.2) is 0 Å². The highest BCUT2D eigenvalue weighted by Crippen LogP contribution is 2.35. The zero-order chi connectivity index (χ0) is 12.3. The van der Waals surface area contributed by atoms with Gasteiger partial charge in [-0.1, -0.05) is 31.5 Å². The van der Waals surface area contributed by atoms with Crippen molar-refractivity contribution in [2.75, 3.05) is 0 Å². The van der Waals surface area contributed by atoms with E-state index in [4.69, 9.17) is 9.84 Å². The molecule has 0 amide bonds. The first-order valence-electron chi connectivity index (χ1n) is 5.53. The molecule has 0 spiro atoms. The maximum absolute atomic E-state index is 11.0. The number of carbonyl (C=O) groups is 1. The molecule has 3 heteroatoms. The molecule has 3 nitrogen and oxygen atoms in total. The number of hydrogen-bond donors (Lipinski definition) is 1. The summed E-state index contributed by atoms with van der Waals surface area (Å²) < 4.78 is 5.41. The van der Waals surface area contributed by atoms with Crippen molar-refractivity contribution < 1.29 is 14.6 Å². The second kappa shape index (κ2) is 4.56. The van der Waals surface area contributed by atoms with E-state index < -0.39 is 11.6 Å². The molecule has 1 atom stereocenters. The highest BCUT2D eigenvalue weighted by Gasteiger charge is 2.41. The van der Waals surface area contributed by atoms with Crippen LogP contribution in [-0.4, -0.2) is 16.7 Å². The van der Waals surface area contributed by atoms with Crippen LogP contribution in [0.2, 0.25) is 0 Å². The molecule has 1 aromatic carbocycles.